The highest BCUT2D eigenvalue weighted by molar-refractivity contribution is 7.89. The van der Waals surface area contributed by atoms with E-state index >= 15 is 0 Å². The third-order valence-electron chi connectivity index (χ3n) is 5.23. The molecule has 3 rings (SSSR count). The number of aryl methyl sites for hydroxylation is 1. The third-order valence-corrected chi connectivity index (χ3v) is 7.11. The standard InChI is InChI=1S/C22H28N2O3S/c1-18(14-15-19-9-4-2-5-10-19)23-22(25)20-11-8-16-24(17-20)28(26,27)21-12-6-3-7-13-21/h2-7,9-10,12-13,18,20H,8,11,14-17H2,1H3,(H,23,25)/t18-,20-/m0/s1. The molecule has 2 aromatic carbocycles. The molecule has 1 fully saturated rings. The van der Waals surface area contributed by atoms with Crippen LogP contribution < -0.4 is 5.32 Å². The maximum atomic E-state index is 12.8. The molecule has 6 heteroatoms. The Morgan fingerprint density at radius 2 is 1.75 bits per heavy atom. The second kappa shape index (κ2) is 9.34. The molecule has 5 nitrogen and oxygen atoms in total. The first-order valence-electron chi connectivity index (χ1n) is 9.86. The van der Waals surface area contributed by atoms with E-state index in [-0.39, 0.29) is 29.3 Å². The molecule has 150 valence electrons. The number of carbonyl (C=O) groups is 1. The van der Waals surface area contributed by atoms with Crippen LogP contribution in [0.25, 0.3) is 0 Å². The Morgan fingerprint density at radius 1 is 1.11 bits per heavy atom. The fourth-order valence-electron chi connectivity index (χ4n) is 3.58. The van der Waals surface area contributed by atoms with Crippen LogP contribution in [0.1, 0.15) is 31.7 Å². The van der Waals surface area contributed by atoms with Gasteiger partial charge in [-0.1, -0.05) is 48.5 Å². The molecular formula is C22H28N2O3S. The highest BCUT2D eigenvalue weighted by Gasteiger charge is 2.33. The molecule has 0 bridgehead atoms. The summed E-state index contributed by atoms with van der Waals surface area (Å²) in [5, 5.41) is 3.07. The number of nitrogens with zero attached hydrogens (tertiary/aromatic N) is 1. The lowest BCUT2D eigenvalue weighted by Crippen LogP contribution is -2.47. The molecule has 0 spiro atoms. The molecule has 28 heavy (non-hydrogen) atoms. The van der Waals surface area contributed by atoms with E-state index in [1.165, 1.54) is 9.87 Å². The molecule has 2 atom stereocenters. The molecule has 0 unspecified atom stereocenters. The van der Waals surface area contributed by atoms with Gasteiger partial charge < -0.3 is 5.32 Å². The van der Waals surface area contributed by atoms with Crippen molar-refractivity contribution in [2.75, 3.05) is 13.1 Å². The van der Waals surface area contributed by atoms with E-state index in [9.17, 15) is 13.2 Å². The van der Waals surface area contributed by atoms with E-state index in [4.69, 9.17) is 0 Å². The topological polar surface area (TPSA) is 66.5 Å². The molecule has 0 radical (unpaired) electrons. The van der Waals surface area contributed by atoms with Gasteiger partial charge in [0.25, 0.3) is 0 Å². The van der Waals surface area contributed by atoms with Gasteiger partial charge in [0.15, 0.2) is 0 Å². The van der Waals surface area contributed by atoms with Gasteiger partial charge in [0.1, 0.15) is 0 Å². The van der Waals surface area contributed by atoms with E-state index in [0.717, 1.165) is 19.3 Å². The third kappa shape index (κ3) is 5.20. The maximum Gasteiger partial charge on any atom is 0.243 e. The number of sulfonamides is 1. The van der Waals surface area contributed by atoms with Gasteiger partial charge in [0.2, 0.25) is 15.9 Å². The Morgan fingerprint density at radius 3 is 2.43 bits per heavy atom. The van der Waals surface area contributed by atoms with Crippen molar-refractivity contribution in [3.63, 3.8) is 0 Å². The molecule has 1 heterocycles. The highest BCUT2D eigenvalue weighted by atomic mass is 32.2. The van der Waals surface area contributed by atoms with Gasteiger partial charge >= 0.3 is 0 Å². The van der Waals surface area contributed by atoms with E-state index in [1.807, 2.05) is 25.1 Å². The monoisotopic (exact) mass is 400 g/mol. The number of piperidine rings is 1. The SMILES string of the molecule is C[C@@H](CCc1ccccc1)NC(=O)[C@H]1CCCN(S(=O)(=O)c2ccccc2)C1. The molecule has 1 aliphatic heterocycles. The van der Waals surface area contributed by atoms with Crippen LogP contribution in [0.5, 0.6) is 0 Å². The van der Waals surface area contributed by atoms with Crippen molar-refractivity contribution in [2.45, 2.75) is 43.5 Å². The summed E-state index contributed by atoms with van der Waals surface area (Å²) < 4.78 is 27.1. The van der Waals surface area contributed by atoms with Crippen LogP contribution in [0.2, 0.25) is 0 Å². The number of hydrogen-bond acceptors (Lipinski definition) is 3. The van der Waals surface area contributed by atoms with Crippen LogP contribution in [0.4, 0.5) is 0 Å². The van der Waals surface area contributed by atoms with E-state index in [2.05, 4.69) is 17.4 Å². The molecule has 1 saturated heterocycles. The molecule has 1 aliphatic rings. The van der Waals surface area contributed by atoms with Gasteiger partial charge in [-0.15, -0.1) is 0 Å². The fourth-order valence-corrected chi connectivity index (χ4v) is 5.12. The highest BCUT2D eigenvalue weighted by Crippen LogP contribution is 2.24. The number of amides is 1. The van der Waals surface area contributed by atoms with Gasteiger partial charge in [0, 0.05) is 19.1 Å². The molecule has 0 aromatic heterocycles. The summed E-state index contributed by atoms with van der Waals surface area (Å²) in [6, 6.07) is 18.7. The molecule has 1 N–H and O–H groups in total. The predicted octanol–water partition coefficient (Wildman–Crippen LogP) is 3.22. The lowest BCUT2D eigenvalue weighted by molar-refractivity contribution is -0.126. The van der Waals surface area contributed by atoms with Gasteiger partial charge in [-0.05, 0) is 50.3 Å². The number of nitrogens with one attached hydrogen (secondary N) is 1. The number of rotatable bonds is 7. The van der Waals surface area contributed by atoms with Gasteiger partial charge in [-0.2, -0.15) is 4.31 Å². The summed E-state index contributed by atoms with van der Waals surface area (Å²) in [5.74, 6) is -0.347. The maximum absolute atomic E-state index is 12.8. The van der Waals surface area contributed by atoms with Crippen LogP contribution in [0.3, 0.4) is 0 Å². The molecule has 0 saturated carbocycles. The number of hydrogen-bond donors (Lipinski definition) is 1. The van der Waals surface area contributed by atoms with Crippen molar-refractivity contribution in [3.8, 4) is 0 Å². The first kappa shape index (κ1) is 20.6. The van der Waals surface area contributed by atoms with Gasteiger partial charge in [-0.3, -0.25) is 4.79 Å². The fraction of sp³-hybridized carbons (Fsp3) is 0.409. The predicted molar refractivity (Wildman–Crippen MR) is 110 cm³/mol. The normalized spacial score (nSPS) is 19.1. The number of carbonyl (C=O) groups excluding carboxylic acids is 1. The van der Waals surface area contributed by atoms with Crippen LogP contribution >= 0.6 is 0 Å². The van der Waals surface area contributed by atoms with Crippen molar-refractivity contribution >= 4 is 15.9 Å². The first-order valence-corrected chi connectivity index (χ1v) is 11.3. The van der Waals surface area contributed by atoms with E-state index < -0.39 is 10.0 Å². The summed E-state index contributed by atoms with van der Waals surface area (Å²) in [6.07, 6.45) is 3.18. The summed E-state index contributed by atoms with van der Waals surface area (Å²) in [5.41, 5.74) is 1.25. The minimum absolute atomic E-state index is 0.0477. The van der Waals surface area contributed by atoms with Crippen LogP contribution in [0.15, 0.2) is 65.6 Å². The van der Waals surface area contributed by atoms with Gasteiger partial charge in [-0.25, -0.2) is 8.42 Å². The van der Waals surface area contributed by atoms with Crippen molar-refractivity contribution in [2.24, 2.45) is 5.92 Å². The van der Waals surface area contributed by atoms with E-state index in [1.54, 1.807) is 30.3 Å². The average Bonchev–Trinajstić information content (AvgIpc) is 2.73. The zero-order chi connectivity index (χ0) is 20.0. The van der Waals surface area contributed by atoms with Gasteiger partial charge in [0.05, 0.1) is 10.8 Å². The van der Waals surface area contributed by atoms with Crippen molar-refractivity contribution < 1.29 is 13.2 Å². The quantitative estimate of drug-likeness (QED) is 0.776. The zero-order valence-corrected chi connectivity index (χ0v) is 17.1. The first-order chi connectivity index (χ1) is 13.5. The molecule has 1 amide bonds. The largest absolute Gasteiger partial charge is 0.353 e. The van der Waals surface area contributed by atoms with Crippen LogP contribution in [-0.2, 0) is 21.2 Å². The smallest absolute Gasteiger partial charge is 0.243 e. The number of benzene rings is 2. The summed E-state index contributed by atoms with van der Waals surface area (Å²) in [6.45, 7) is 2.71. The molecule has 2 aromatic rings. The second-order valence-corrected chi connectivity index (χ2v) is 9.39. The minimum atomic E-state index is -3.55. The Bertz CT molecular complexity index is 869. The van der Waals surface area contributed by atoms with Crippen molar-refractivity contribution in [3.05, 3.63) is 66.2 Å². The zero-order valence-electron chi connectivity index (χ0n) is 16.3. The lowest BCUT2D eigenvalue weighted by atomic mass is 9.98. The second-order valence-electron chi connectivity index (χ2n) is 7.45. The molecular weight excluding hydrogens is 372 g/mol. The van der Waals surface area contributed by atoms with Crippen molar-refractivity contribution in [1.82, 2.24) is 9.62 Å². The molecule has 0 aliphatic carbocycles. The van der Waals surface area contributed by atoms with Crippen LogP contribution in [0, 0.1) is 5.92 Å². The minimum Gasteiger partial charge on any atom is -0.353 e. The van der Waals surface area contributed by atoms with E-state index in [0.29, 0.717) is 13.0 Å². The summed E-state index contributed by atoms with van der Waals surface area (Å²) >= 11 is 0. The Kier molecular flexibility index (Phi) is 6.86. The Labute approximate surface area is 167 Å². The lowest BCUT2D eigenvalue weighted by Gasteiger charge is -2.31. The van der Waals surface area contributed by atoms with Crippen molar-refractivity contribution in [1.29, 1.82) is 0 Å². The Hall–Kier alpha value is -2.18. The van der Waals surface area contributed by atoms with Crippen LogP contribution in [-0.4, -0.2) is 37.8 Å². The Balaban J connectivity index is 1.55. The summed E-state index contributed by atoms with van der Waals surface area (Å²) in [7, 11) is -3.55. The summed E-state index contributed by atoms with van der Waals surface area (Å²) in [4.78, 5) is 13.0. The average molecular weight is 401 g/mol.